The minimum absolute atomic E-state index is 0.116. The van der Waals surface area contributed by atoms with Gasteiger partial charge in [-0.05, 0) is 60.3 Å². The van der Waals surface area contributed by atoms with Crippen molar-refractivity contribution >= 4 is 54.6 Å². The molecule has 0 N–H and O–H groups in total. The molecule has 2 aromatic heterocycles. The number of benzene rings is 4. The Balaban J connectivity index is 1.56. The topological polar surface area (TPSA) is 13.1 Å². The second kappa shape index (κ2) is 8.32. The van der Waals surface area contributed by atoms with Crippen molar-refractivity contribution in [1.82, 2.24) is 0 Å². The molecule has 0 saturated carbocycles. The normalized spacial score (nSPS) is 12.5. The smallest absolute Gasteiger partial charge is 0.264 e. The van der Waals surface area contributed by atoms with E-state index in [9.17, 15) is 0 Å². The van der Waals surface area contributed by atoms with E-state index in [1.807, 2.05) is 11.3 Å². The van der Waals surface area contributed by atoms with Crippen LogP contribution in [0.3, 0.4) is 0 Å². The van der Waals surface area contributed by atoms with Crippen LogP contribution < -0.4 is 25.0 Å². The van der Waals surface area contributed by atoms with Gasteiger partial charge in [0.1, 0.15) is 18.5 Å². The Kier molecular flexibility index (Phi) is 5.02. The zero-order chi connectivity index (χ0) is 25.3. The zero-order valence-electron chi connectivity index (χ0n) is 21.5. The van der Waals surface area contributed by atoms with Gasteiger partial charge in [-0.25, -0.2) is 4.57 Å². The van der Waals surface area contributed by atoms with Crippen molar-refractivity contribution in [3.05, 3.63) is 108 Å². The van der Waals surface area contributed by atoms with Gasteiger partial charge >= 0.3 is 0 Å². The molecule has 37 heavy (non-hydrogen) atoms. The van der Waals surface area contributed by atoms with E-state index in [0.29, 0.717) is 0 Å². The van der Waals surface area contributed by atoms with E-state index in [1.165, 1.54) is 64.5 Å². The van der Waals surface area contributed by atoms with Crippen molar-refractivity contribution in [3.8, 4) is 22.8 Å². The third kappa shape index (κ3) is 3.36. The van der Waals surface area contributed by atoms with Gasteiger partial charge in [-0.1, -0.05) is 72.2 Å². The molecule has 0 atom stereocenters. The van der Waals surface area contributed by atoms with Crippen LogP contribution in [0.4, 0.5) is 0 Å². The summed E-state index contributed by atoms with van der Waals surface area (Å²) in [5.74, 6) is 1.95. The van der Waals surface area contributed by atoms with Crippen LogP contribution in [0.2, 0.25) is 0 Å². The minimum Gasteiger partial charge on any atom is -0.457 e. The van der Waals surface area contributed by atoms with Gasteiger partial charge < -0.3 is 4.74 Å². The molecule has 0 amide bonds. The summed E-state index contributed by atoms with van der Waals surface area (Å²) in [7, 11) is 2.15. The Bertz CT molecular complexity index is 1860. The average Bonchev–Trinajstić information content (AvgIpc) is 3.27. The number of hydrogen-bond acceptors (Lipinski definition) is 2. The highest BCUT2D eigenvalue weighted by atomic mass is 32.1. The van der Waals surface area contributed by atoms with Gasteiger partial charge in [0.2, 0.25) is 5.69 Å². The van der Waals surface area contributed by atoms with E-state index < -0.39 is 0 Å². The largest absolute Gasteiger partial charge is 0.457 e. The predicted molar refractivity (Wildman–Crippen MR) is 158 cm³/mol. The molecular formula is C33H27BNOS+. The van der Waals surface area contributed by atoms with Crippen molar-refractivity contribution in [3.63, 3.8) is 0 Å². The number of ether oxygens (including phenoxy) is 1. The Hall–Kier alpha value is -3.89. The SMILES string of the molecule is Cc1cc(-c2c(C)ccc3c4c(sc23)B(c2cccc3ccccc23)c2ccccc2O4)[n+](C)cc1C. The molecule has 0 aliphatic carbocycles. The summed E-state index contributed by atoms with van der Waals surface area (Å²) in [6.07, 6.45) is 2.24. The first-order valence-corrected chi connectivity index (χ1v) is 13.6. The van der Waals surface area contributed by atoms with Gasteiger partial charge in [0.15, 0.2) is 6.20 Å². The van der Waals surface area contributed by atoms with Gasteiger partial charge in [-0.2, -0.15) is 0 Å². The Morgan fingerprint density at radius 1 is 0.730 bits per heavy atom. The van der Waals surface area contributed by atoms with E-state index in [2.05, 4.69) is 124 Å². The first-order chi connectivity index (χ1) is 18.0. The van der Waals surface area contributed by atoms with Crippen molar-refractivity contribution in [2.24, 2.45) is 7.05 Å². The van der Waals surface area contributed by atoms with Gasteiger partial charge in [0, 0.05) is 21.8 Å². The van der Waals surface area contributed by atoms with Crippen molar-refractivity contribution in [1.29, 1.82) is 0 Å². The number of hydrogen-bond donors (Lipinski definition) is 0. The molecular weight excluding hydrogens is 469 g/mol. The van der Waals surface area contributed by atoms with Gasteiger partial charge in [-0.3, -0.25) is 0 Å². The third-order valence-electron chi connectivity index (χ3n) is 7.88. The van der Waals surface area contributed by atoms with Crippen molar-refractivity contribution < 1.29 is 9.30 Å². The lowest BCUT2D eigenvalue weighted by Crippen LogP contribution is -2.53. The Morgan fingerprint density at radius 3 is 2.38 bits per heavy atom. The van der Waals surface area contributed by atoms with Crippen molar-refractivity contribution in [2.75, 3.05) is 0 Å². The molecule has 3 heterocycles. The summed E-state index contributed by atoms with van der Waals surface area (Å²) in [6.45, 7) is 6.71. The van der Waals surface area contributed by atoms with E-state index in [1.54, 1.807) is 0 Å². The van der Waals surface area contributed by atoms with Gasteiger partial charge in [-0.15, -0.1) is 11.3 Å². The molecule has 0 fully saturated rings. The summed E-state index contributed by atoms with van der Waals surface area (Å²) in [4.78, 5) is 0. The number of fused-ring (bicyclic) bond motifs is 5. The maximum Gasteiger partial charge on any atom is 0.264 e. The molecule has 4 aromatic carbocycles. The standard InChI is InChI=1S/C33H27BNOS/c1-20-16-17-25-31-33(37-32(25)30(20)28-18-21(2)22(3)19-35(28)4)34(27-13-7-8-15-29(27)36-31)26-14-9-11-23-10-5-6-12-24(23)26/h5-19H,1-4H3/q+1. The monoisotopic (exact) mass is 496 g/mol. The second-order valence-corrected chi connectivity index (χ2v) is 11.3. The summed E-state index contributed by atoms with van der Waals surface area (Å²) >= 11 is 1.89. The third-order valence-corrected chi connectivity index (χ3v) is 9.15. The van der Waals surface area contributed by atoms with Crippen LogP contribution in [0.1, 0.15) is 16.7 Å². The number of para-hydroxylation sites is 1. The number of pyridine rings is 1. The highest BCUT2D eigenvalue weighted by Gasteiger charge is 2.37. The molecule has 6 aromatic rings. The number of thiophene rings is 1. The summed E-state index contributed by atoms with van der Waals surface area (Å²) in [5.41, 5.74) is 8.99. The zero-order valence-corrected chi connectivity index (χ0v) is 22.3. The highest BCUT2D eigenvalue weighted by Crippen LogP contribution is 2.42. The second-order valence-electron chi connectivity index (χ2n) is 10.2. The molecule has 1 aliphatic rings. The fourth-order valence-corrected chi connectivity index (χ4v) is 7.35. The molecule has 178 valence electrons. The number of nitrogens with zero attached hydrogens (tertiary/aromatic N) is 1. The molecule has 0 saturated heterocycles. The lowest BCUT2D eigenvalue weighted by molar-refractivity contribution is -0.660. The highest BCUT2D eigenvalue weighted by molar-refractivity contribution is 7.33. The van der Waals surface area contributed by atoms with E-state index in [4.69, 9.17) is 4.74 Å². The maximum atomic E-state index is 6.70. The molecule has 0 spiro atoms. The summed E-state index contributed by atoms with van der Waals surface area (Å²) < 4.78 is 11.5. The van der Waals surface area contributed by atoms with Crippen LogP contribution in [-0.2, 0) is 7.05 Å². The molecule has 0 unspecified atom stereocenters. The van der Waals surface area contributed by atoms with Crippen LogP contribution >= 0.6 is 11.3 Å². The first kappa shape index (κ1) is 22.3. The van der Waals surface area contributed by atoms with E-state index >= 15 is 0 Å². The van der Waals surface area contributed by atoms with Crippen LogP contribution in [-0.4, -0.2) is 6.71 Å². The Labute approximate surface area is 221 Å². The maximum absolute atomic E-state index is 6.70. The first-order valence-electron chi connectivity index (χ1n) is 12.8. The number of rotatable bonds is 2. The Morgan fingerprint density at radius 2 is 1.49 bits per heavy atom. The van der Waals surface area contributed by atoms with Crippen LogP contribution in [0.5, 0.6) is 11.5 Å². The van der Waals surface area contributed by atoms with E-state index in [-0.39, 0.29) is 6.71 Å². The molecule has 7 rings (SSSR count). The molecule has 2 nitrogen and oxygen atoms in total. The molecule has 0 bridgehead atoms. The minimum atomic E-state index is 0.116. The lowest BCUT2D eigenvalue weighted by atomic mass is 9.38. The van der Waals surface area contributed by atoms with Gasteiger partial charge in [0.25, 0.3) is 6.71 Å². The fourth-order valence-electron chi connectivity index (χ4n) is 5.87. The predicted octanol–water partition coefficient (Wildman–Crippen LogP) is 6.09. The van der Waals surface area contributed by atoms with Crippen LogP contribution in [0.25, 0.3) is 32.1 Å². The van der Waals surface area contributed by atoms with Crippen LogP contribution in [0.15, 0.2) is 91.1 Å². The molecule has 4 heteroatoms. The van der Waals surface area contributed by atoms with Crippen molar-refractivity contribution in [2.45, 2.75) is 20.8 Å². The molecule has 0 radical (unpaired) electrons. The fraction of sp³-hybridized carbons (Fsp3) is 0.121. The quantitative estimate of drug-likeness (QED) is 0.209. The summed E-state index contributed by atoms with van der Waals surface area (Å²) in [5, 5.41) is 3.76. The molecule has 1 aliphatic heterocycles. The average molecular weight is 496 g/mol. The number of aromatic nitrogens is 1. The van der Waals surface area contributed by atoms with E-state index in [0.717, 1.165) is 11.5 Å². The lowest BCUT2D eigenvalue weighted by Gasteiger charge is -2.25. The summed E-state index contributed by atoms with van der Waals surface area (Å²) in [6, 6.07) is 30.8. The van der Waals surface area contributed by atoms with Crippen LogP contribution in [0, 0.1) is 20.8 Å². The number of aryl methyl sites for hydroxylation is 4. The van der Waals surface area contributed by atoms with Gasteiger partial charge in [0.05, 0.1) is 10.3 Å².